The van der Waals surface area contributed by atoms with E-state index >= 15 is 0 Å². The highest BCUT2D eigenvalue weighted by Gasteiger charge is 2.12. The number of carbonyl (C=O) groups excluding carboxylic acids is 1. The Bertz CT molecular complexity index is 408. The van der Waals surface area contributed by atoms with Crippen LogP contribution in [0.2, 0.25) is 0 Å². The molecule has 0 saturated carbocycles. The number of rotatable bonds is 3. The van der Waals surface area contributed by atoms with E-state index in [1.54, 1.807) is 30.3 Å². The Balaban J connectivity index is 2.59. The van der Waals surface area contributed by atoms with Gasteiger partial charge in [0.25, 0.3) is 0 Å². The second-order valence-corrected chi connectivity index (χ2v) is 5.00. The van der Waals surface area contributed by atoms with E-state index in [1.165, 1.54) is 0 Å². The molecule has 0 atom stereocenters. The molecule has 0 aliphatic heterocycles. The molecule has 0 aromatic heterocycles. The van der Waals surface area contributed by atoms with Crippen molar-refractivity contribution in [2.24, 2.45) is 0 Å². The second kappa shape index (κ2) is 4.23. The summed E-state index contributed by atoms with van der Waals surface area (Å²) in [6, 6.07) is 8.33. The zero-order valence-electron chi connectivity index (χ0n) is 7.64. The van der Waals surface area contributed by atoms with Gasteiger partial charge >= 0.3 is 5.97 Å². The first kappa shape index (κ1) is 10.7. The van der Waals surface area contributed by atoms with Crippen molar-refractivity contribution in [1.29, 1.82) is 0 Å². The van der Waals surface area contributed by atoms with Gasteiger partial charge in [0, 0.05) is 6.26 Å². The lowest BCUT2D eigenvalue weighted by Crippen LogP contribution is -2.19. The third-order valence-electron chi connectivity index (χ3n) is 1.35. The van der Waals surface area contributed by atoms with E-state index < -0.39 is 21.6 Å². The first-order valence-corrected chi connectivity index (χ1v) is 5.97. The third kappa shape index (κ3) is 4.04. The smallest absolute Gasteiger partial charge is 0.326 e. The normalized spacial score (nSPS) is 10.9. The van der Waals surface area contributed by atoms with Crippen LogP contribution in [0.4, 0.5) is 0 Å². The van der Waals surface area contributed by atoms with Gasteiger partial charge in [-0.2, -0.15) is 0 Å². The Hall–Kier alpha value is -1.36. The van der Waals surface area contributed by atoms with Crippen molar-refractivity contribution in [3.05, 3.63) is 30.3 Å². The predicted molar refractivity (Wildman–Crippen MR) is 51.8 cm³/mol. The van der Waals surface area contributed by atoms with Crippen LogP contribution in [0.25, 0.3) is 0 Å². The van der Waals surface area contributed by atoms with Gasteiger partial charge in [-0.05, 0) is 12.1 Å². The van der Waals surface area contributed by atoms with Gasteiger partial charge in [0.15, 0.2) is 9.84 Å². The molecule has 76 valence electrons. The molecule has 0 aliphatic rings. The van der Waals surface area contributed by atoms with Crippen LogP contribution >= 0.6 is 0 Å². The van der Waals surface area contributed by atoms with E-state index in [9.17, 15) is 13.2 Å². The molecule has 0 N–H and O–H groups in total. The number of para-hydroxylation sites is 1. The lowest BCUT2D eigenvalue weighted by atomic mass is 10.3. The van der Waals surface area contributed by atoms with Gasteiger partial charge in [-0.15, -0.1) is 0 Å². The van der Waals surface area contributed by atoms with Crippen LogP contribution in [0.15, 0.2) is 30.3 Å². The van der Waals surface area contributed by atoms with Crippen molar-refractivity contribution in [2.45, 2.75) is 0 Å². The van der Waals surface area contributed by atoms with Crippen molar-refractivity contribution in [3.8, 4) is 5.75 Å². The summed E-state index contributed by atoms with van der Waals surface area (Å²) in [6.07, 6.45) is 0.985. The molecule has 0 unspecified atom stereocenters. The number of esters is 1. The standard InChI is InChI=1S/C9H10O4S/c1-14(11,12)7-9(10)13-8-5-3-2-4-6-8/h2-6H,7H2,1H3. The minimum absolute atomic E-state index is 0.348. The Kier molecular flexibility index (Phi) is 3.24. The average molecular weight is 214 g/mol. The first-order valence-electron chi connectivity index (χ1n) is 3.91. The minimum Gasteiger partial charge on any atom is -0.426 e. The molecule has 0 aliphatic carbocycles. The zero-order valence-corrected chi connectivity index (χ0v) is 8.45. The van der Waals surface area contributed by atoms with Gasteiger partial charge in [0.2, 0.25) is 0 Å². The number of ether oxygens (including phenoxy) is 1. The number of hydrogen-bond donors (Lipinski definition) is 0. The van der Waals surface area contributed by atoms with E-state index in [2.05, 4.69) is 0 Å². The predicted octanol–water partition coefficient (Wildman–Crippen LogP) is 0.637. The Morgan fingerprint density at radius 2 is 1.86 bits per heavy atom. The van der Waals surface area contributed by atoms with Crippen LogP contribution in [-0.2, 0) is 14.6 Å². The molecule has 0 saturated heterocycles. The average Bonchev–Trinajstić information content (AvgIpc) is 2.02. The van der Waals surface area contributed by atoms with E-state index in [4.69, 9.17) is 4.74 Å². The highest BCUT2D eigenvalue weighted by molar-refractivity contribution is 7.91. The zero-order chi connectivity index (χ0) is 10.6. The first-order chi connectivity index (χ1) is 6.47. The van der Waals surface area contributed by atoms with Crippen molar-refractivity contribution in [2.75, 3.05) is 12.0 Å². The van der Waals surface area contributed by atoms with E-state index in [1.807, 2.05) is 0 Å². The molecule has 0 spiro atoms. The quantitative estimate of drug-likeness (QED) is 0.547. The fraction of sp³-hybridized carbons (Fsp3) is 0.222. The maximum Gasteiger partial charge on any atom is 0.326 e. The van der Waals surface area contributed by atoms with Crippen molar-refractivity contribution < 1.29 is 17.9 Å². The van der Waals surface area contributed by atoms with Crippen LogP contribution in [-0.4, -0.2) is 26.4 Å². The van der Waals surface area contributed by atoms with Gasteiger partial charge in [0.05, 0.1) is 0 Å². The van der Waals surface area contributed by atoms with E-state index in [0.717, 1.165) is 6.26 Å². The summed E-state index contributed by atoms with van der Waals surface area (Å²) in [6.45, 7) is 0. The molecule has 0 bridgehead atoms. The molecule has 0 amide bonds. The van der Waals surface area contributed by atoms with Crippen LogP contribution in [0.5, 0.6) is 5.75 Å². The van der Waals surface area contributed by atoms with Crippen molar-refractivity contribution in [1.82, 2.24) is 0 Å². The van der Waals surface area contributed by atoms with Crippen molar-refractivity contribution in [3.63, 3.8) is 0 Å². The summed E-state index contributed by atoms with van der Waals surface area (Å²) >= 11 is 0. The molecule has 1 aromatic carbocycles. The molecule has 0 fully saturated rings. The summed E-state index contributed by atoms with van der Waals surface area (Å²) in [4.78, 5) is 11.0. The molecule has 5 heteroatoms. The van der Waals surface area contributed by atoms with Crippen LogP contribution < -0.4 is 4.74 Å². The van der Waals surface area contributed by atoms with Gasteiger partial charge in [0.1, 0.15) is 11.5 Å². The van der Waals surface area contributed by atoms with Crippen LogP contribution in [0.1, 0.15) is 0 Å². The maximum atomic E-state index is 11.0. The Morgan fingerprint density at radius 3 is 2.36 bits per heavy atom. The largest absolute Gasteiger partial charge is 0.426 e. The molecular formula is C9H10O4S. The molecule has 4 nitrogen and oxygen atoms in total. The van der Waals surface area contributed by atoms with Gasteiger partial charge in [-0.3, -0.25) is 4.79 Å². The molecule has 14 heavy (non-hydrogen) atoms. The summed E-state index contributed by atoms with van der Waals surface area (Å²) in [5, 5.41) is 0. The molecule has 1 aromatic rings. The van der Waals surface area contributed by atoms with E-state index in [-0.39, 0.29) is 0 Å². The minimum atomic E-state index is -3.32. The number of benzene rings is 1. The molecule has 0 heterocycles. The fourth-order valence-corrected chi connectivity index (χ4v) is 1.35. The van der Waals surface area contributed by atoms with Gasteiger partial charge in [-0.1, -0.05) is 18.2 Å². The van der Waals surface area contributed by atoms with E-state index in [0.29, 0.717) is 5.75 Å². The number of hydrogen-bond acceptors (Lipinski definition) is 4. The highest BCUT2D eigenvalue weighted by Crippen LogP contribution is 2.08. The Labute approximate surface area is 82.4 Å². The van der Waals surface area contributed by atoms with Crippen LogP contribution in [0.3, 0.4) is 0 Å². The fourth-order valence-electron chi connectivity index (χ4n) is 0.864. The SMILES string of the molecule is CS(=O)(=O)CC(=O)Oc1ccccc1. The van der Waals surface area contributed by atoms with Crippen molar-refractivity contribution >= 4 is 15.8 Å². The van der Waals surface area contributed by atoms with Gasteiger partial charge < -0.3 is 4.74 Å². The monoisotopic (exact) mass is 214 g/mol. The van der Waals surface area contributed by atoms with Crippen LogP contribution in [0, 0.1) is 0 Å². The molecule has 0 radical (unpaired) electrons. The summed E-state index contributed by atoms with van der Waals surface area (Å²) in [5.41, 5.74) is 0. The Morgan fingerprint density at radius 1 is 1.29 bits per heavy atom. The third-order valence-corrected chi connectivity index (χ3v) is 2.12. The molecule has 1 rings (SSSR count). The summed E-state index contributed by atoms with van der Waals surface area (Å²) in [5.74, 6) is -1.01. The summed E-state index contributed by atoms with van der Waals surface area (Å²) in [7, 11) is -3.32. The van der Waals surface area contributed by atoms with Gasteiger partial charge in [-0.25, -0.2) is 8.42 Å². The molecular weight excluding hydrogens is 204 g/mol. The summed E-state index contributed by atoms with van der Waals surface area (Å²) < 4.78 is 26.2. The maximum absolute atomic E-state index is 11.0. The number of carbonyl (C=O) groups is 1. The topological polar surface area (TPSA) is 60.4 Å². The lowest BCUT2D eigenvalue weighted by Gasteiger charge is -2.01. The lowest BCUT2D eigenvalue weighted by molar-refractivity contribution is -0.131. The second-order valence-electron chi connectivity index (χ2n) is 2.86. The number of sulfone groups is 1. The highest BCUT2D eigenvalue weighted by atomic mass is 32.2.